The molecule has 1 unspecified atom stereocenters. The Balaban J connectivity index is 1.94. The number of nitrogens with zero attached hydrogens (tertiary/aromatic N) is 1. The Morgan fingerprint density at radius 2 is 2.10 bits per heavy atom. The highest BCUT2D eigenvalue weighted by Crippen LogP contribution is 2.13. The molecule has 0 bridgehead atoms. The summed E-state index contributed by atoms with van der Waals surface area (Å²) in [6, 6.07) is 8.82. The molecule has 0 fully saturated rings. The number of aliphatic carboxylic acids is 1. The van der Waals surface area contributed by atoms with Gasteiger partial charge in [0.2, 0.25) is 0 Å². The summed E-state index contributed by atoms with van der Waals surface area (Å²) >= 11 is 0. The maximum absolute atomic E-state index is 11.8. The van der Waals surface area contributed by atoms with Gasteiger partial charge in [-0.05, 0) is 17.6 Å². The summed E-state index contributed by atoms with van der Waals surface area (Å²) in [7, 11) is 0. The van der Waals surface area contributed by atoms with Gasteiger partial charge in [-0.15, -0.1) is 0 Å². The van der Waals surface area contributed by atoms with Crippen molar-refractivity contribution >= 4 is 11.9 Å². The first-order valence-electron chi connectivity index (χ1n) is 6.19. The summed E-state index contributed by atoms with van der Waals surface area (Å²) < 4.78 is 9.88. The van der Waals surface area contributed by atoms with Crippen LogP contribution in [0.2, 0.25) is 0 Å². The fourth-order valence-corrected chi connectivity index (χ4v) is 1.69. The molecular formula is C14H14N2O5. The summed E-state index contributed by atoms with van der Waals surface area (Å²) in [6.07, 6.45) is 0. The fourth-order valence-electron chi connectivity index (χ4n) is 1.69. The zero-order valence-corrected chi connectivity index (χ0v) is 11.3. The lowest BCUT2D eigenvalue weighted by molar-refractivity contribution is -0.142. The van der Waals surface area contributed by atoms with Crippen molar-refractivity contribution < 1.29 is 24.0 Å². The van der Waals surface area contributed by atoms with E-state index in [1.165, 1.54) is 6.07 Å². The molecule has 2 N–H and O–H groups in total. The Morgan fingerprint density at radius 3 is 2.67 bits per heavy atom. The summed E-state index contributed by atoms with van der Waals surface area (Å²) in [6.45, 7) is 1.35. The second-order valence-corrected chi connectivity index (χ2v) is 4.31. The lowest BCUT2D eigenvalue weighted by Gasteiger charge is -2.14. The van der Waals surface area contributed by atoms with Gasteiger partial charge in [0.25, 0.3) is 11.8 Å². The Bertz CT molecular complexity index is 623. The molecule has 7 heteroatoms. The van der Waals surface area contributed by atoms with Crippen LogP contribution in [0.25, 0.3) is 0 Å². The third-order valence-corrected chi connectivity index (χ3v) is 2.64. The van der Waals surface area contributed by atoms with E-state index >= 15 is 0 Å². The minimum absolute atomic E-state index is 0.175. The van der Waals surface area contributed by atoms with Gasteiger partial charge in [-0.2, -0.15) is 0 Å². The number of nitrogens with one attached hydrogen (secondary N) is 1. The molecule has 2 rings (SSSR count). The maximum Gasteiger partial charge on any atom is 0.330 e. The van der Waals surface area contributed by atoms with Crippen LogP contribution in [0.15, 0.2) is 40.9 Å². The van der Waals surface area contributed by atoms with E-state index in [1.54, 1.807) is 37.3 Å². The van der Waals surface area contributed by atoms with Gasteiger partial charge in [0.15, 0.2) is 12.6 Å². The van der Waals surface area contributed by atoms with E-state index in [0.29, 0.717) is 11.3 Å². The van der Waals surface area contributed by atoms with Crippen LogP contribution in [0.1, 0.15) is 17.4 Å². The van der Waals surface area contributed by atoms with Crippen molar-refractivity contribution in [3.05, 3.63) is 47.7 Å². The average molecular weight is 290 g/mol. The lowest BCUT2D eigenvalue weighted by atomic mass is 10.1. The Hall–Kier alpha value is -2.83. The van der Waals surface area contributed by atoms with Gasteiger partial charge in [-0.1, -0.05) is 30.3 Å². The average Bonchev–Trinajstić information content (AvgIpc) is 2.89. The molecule has 0 aliphatic heterocycles. The quantitative estimate of drug-likeness (QED) is 0.831. The van der Waals surface area contributed by atoms with Gasteiger partial charge in [-0.25, -0.2) is 4.79 Å². The molecule has 0 saturated carbocycles. The van der Waals surface area contributed by atoms with Crippen molar-refractivity contribution in [3.63, 3.8) is 0 Å². The topological polar surface area (TPSA) is 102 Å². The van der Waals surface area contributed by atoms with Crippen molar-refractivity contribution in [2.75, 3.05) is 6.61 Å². The van der Waals surface area contributed by atoms with Crippen LogP contribution in [-0.4, -0.2) is 28.7 Å². The van der Waals surface area contributed by atoms with Crippen LogP contribution in [0, 0.1) is 6.92 Å². The van der Waals surface area contributed by atoms with E-state index in [1.807, 2.05) is 0 Å². The highest BCUT2D eigenvalue weighted by atomic mass is 16.5. The van der Waals surface area contributed by atoms with Gasteiger partial charge in [0, 0.05) is 6.07 Å². The molecule has 0 aliphatic rings. The standard InChI is InChI=1S/C14H14N2O5/c1-9-7-12(16-21-9)20-8-11(17)15-13(14(18)19)10-5-3-2-4-6-10/h2-7,13H,8H2,1H3,(H,15,17)(H,18,19). The SMILES string of the molecule is Cc1cc(OCC(=O)NC(C(=O)O)c2ccccc2)no1. The number of benzene rings is 1. The van der Waals surface area contributed by atoms with E-state index in [4.69, 9.17) is 9.26 Å². The van der Waals surface area contributed by atoms with Gasteiger partial charge in [-0.3, -0.25) is 4.79 Å². The van der Waals surface area contributed by atoms with Crippen LogP contribution >= 0.6 is 0 Å². The second kappa shape index (κ2) is 6.56. The van der Waals surface area contributed by atoms with Crippen LogP contribution in [0.4, 0.5) is 0 Å². The smallest absolute Gasteiger partial charge is 0.330 e. The number of carboxylic acids is 1. The molecule has 0 aliphatic carbocycles. The predicted octanol–water partition coefficient (Wildman–Crippen LogP) is 1.30. The molecule has 1 amide bonds. The van der Waals surface area contributed by atoms with Crippen LogP contribution in [-0.2, 0) is 9.59 Å². The Kier molecular flexibility index (Phi) is 4.55. The third kappa shape index (κ3) is 4.07. The number of amides is 1. The van der Waals surface area contributed by atoms with E-state index in [2.05, 4.69) is 10.5 Å². The number of ether oxygens (including phenoxy) is 1. The minimum atomic E-state index is -1.15. The summed E-state index contributed by atoms with van der Waals surface area (Å²) in [5.74, 6) is -0.980. The normalized spacial score (nSPS) is 11.7. The maximum atomic E-state index is 11.8. The zero-order chi connectivity index (χ0) is 15.2. The number of aromatic nitrogens is 1. The first-order valence-corrected chi connectivity index (χ1v) is 6.19. The molecule has 21 heavy (non-hydrogen) atoms. The molecule has 0 spiro atoms. The van der Waals surface area contributed by atoms with Crippen LogP contribution in [0.3, 0.4) is 0 Å². The highest BCUT2D eigenvalue weighted by Gasteiger charge is 2.22. The summed E-state index contributed by atoms with van der Waals surface area (Å²) in [4.78, 5) is 23.0. The van der Waals surface area contributed by atoms with Gasteiger partial charge < -0.3 is 19.7 Å². The van der Waals surface area contributed by atoms with Crippen molar-refractivity contribution in [2.45, 2.75) is 13.0 Å². The number of aryl methyl sites for hydroxylation is 1. The number of carbonyl (C=O) groups is 2. The molecule has 0 radical (unpaired) electrons. The molecule has 0 saturated heterocycles. The van der Waals surface area contributed by atoms with Crippen LogP contribution in [0.5, 0.6) is 5.88 Å². The van der Waals surface area contributed by atoms with E-state index in [-0.39, 0.29) is 12.5 Å². The zero-order valence-electron chi connectivity index (χ0n) is 11.3. The van der Waals surface area contributed by atoms with Crippen LogP contribution < -0.4 is 10.1 Å². The monoisotopic (exact) mass is 290 g/mol. The number of hydrogen-bond donors (Lipinski definition) is 2. The first-order chi connectivity index (χ1) is 10.1. The van der Waals surface area contributed by atoms with E-state index in [9.17, 15) is 14.7 Å². The molecular weight excluding hydrogens is 276 g/mol. The van der Waals surface area contributed by atoms with Gasteiger partial charge in [0.05, 0.1) is 0 Å². The lowest BCUT2D eigenvalue weighted by Crippen LogP contribution is -2.36. The molecule has 1 aromatic heterocycles. The molecule has 2 aromatic rings. The predicted molar refractivity (Wildman–Crippen MR) is 71.7 cm³/mol. The molecule has 1 aromatic carbocycles. The Labute approximate surface area is 120 Å². The van der Waals surface area contributed by atoms with Crippen molar-refractivity contribution in [3.8, 4) is 5.88 Å². The number of rotatable bonds is 6. The molecule has 110 valence electrons. The minimum Gasteiger partial charge on any atom is -0.479 e. The number of carbonyl (C=O) groups excluding carboxylic acids is 1. The van der Waals surface area contributed by atoms with Gasteiger partial charge >= 0.3 is 5.97 Å². The van der Waals surface area contributed by atoms with E-state index < -0.39 is 17.9 Å². The molecule has 1 atom stereocenters. The van der Waals surface area contributed by atoms with Gasteiger partial charge in [0.1, 0.15) is 5.76 Å². The largest absolute Gasteiger partial charge is 0.479 e. The molecule has 7 nitrogen and oxygen atoms in total. The van der Waals surface area contributed by atoms with Crippen molar-refractivity contribution in [1.29, 1.82) is 0 Å². The summed E-state index contributed by atoms with van der Waals surface area (Å²) in [5, 5.41) is 15.1. The highest BCUT2D eigenvalue weighted by molar-refractivity contribution is 5.85. The van der Waals surface area contributed by atoms with Crippen molar-refractivity contribution in [2.24, 2.45) is 0 Å². The fraction of sp³-hybridized carbons (Fsp3) is 0.214. The van der Waals surface area contributed by atoms with E-state index in [0.717, 1.165) is 0 Å². The number of carboxylic acid groups (broad SMARTS) is 1. The second-order valence-electron chi connectivity index (χ2n) is 4.31. The Morgan fingerprint density at radius 1 is 1.38 bits per heavy atom. The number of hydrogen-bond acceptors (Lipinski definition) is 5. The molecule has 1 heterocycles. The van der Waals surface area contributed by atoms with Crippen molar-refractivity contribution in [1.82, 2.24) is 10.5 Å². The summed E-state index contributed by atoms with van der Waals surface area (Å²) in [5.41, 5.74) is 0.482. The third-order valence-electron chi connectivity index (χ3n) is 2.64. The first kappa shape index (κ1) is 14.6.